The van der Waals surface area contributed by atoms with E-state index >= 15 is 0 Å². The summed E-state index contributed by atoms with van der Waals surface area (Å²) in [5, 5.41) is 0. The minimum Gasteiger partial charge on any atom is -0.111 e. The van der Waals surface area contributed by atoms with E-state index in [0.29, 0.717) is 0 Å². The van der Waals surface area contributed by atoms with E-state index in [4.69, 9.17) is 0 Å². The van der Waals surface area contributed by atoms with Crippen LogP contribution in [0.25, 0.3) is 0 Å². The number of hydrogen-bond donors (Lipinski definition) is 0. The van der Waals surface area contributed by atoms with E-state index in [1.807, 2.05) is 0 Å². The number of rotatable bonds is 2. The Hall–Kier alpha value is 0.430. The highest BCUT2D eigenvalue weighted by molar-refractivity contribution is 7.43. The van der Waals surface area contributed by atoms with Crippen molar-refractivity contribution in [2.75, 3.05) is 0 Å². The molecule has 2 aliphatic rings. The molecule has 2 saturated carbocycles. The molecule has 0 aromatic rings. The largest absolute Gasteiger partial charge is 0.111 e. The zero-order chi connectivity index (χ0) is 8.23. The Morgan fingerprint density at radius 3 is 2.33 bits per heavy atom. The molecule has 0 saturated heterocycles. The highest BCUT2D eigenvalue weighted by Gasteiger charge is 2.22. The molecule has 1 unspecified atom stereocenters. The summed E-state index contributed by atoms with van der Waals surface area (Å²) >= 11 is 0. The van der Waals surface area contributed by atoms with Crippen molar-refractivity contribution in [3.05, 3.63) is 31.3 Å². The first kappa shape index (κ1) is 9.00. The molecule has 2 rings (SSSR count). The van der Waals surface area contributed by atoms with E-state index < -0.39 is 0 Å². The van der Waals surface area contributed by atoms with E-state index in [1.165, 1.54) is 32.1 Å². The quantitative estimate of drug-likeness (QED) is 0.570. The molecule has 0 aromatic carbocycles. The van der Waals surface area contributed by atoms with Crippen LogP contribution in [0.4, 0.5) is 0 Å². The van der Waals surface area contributed by atoms with Gasteiger partial charge in [0.25, 0.3) is 0 Å². The molecule has 0 spiro atoms. The Bertz CT molecular complexity index is 121. The lowest BCUT2D eigenvalue weighted by Crippen LogP contribution is -2.07. The summed E-state index contributed by atoms with van der Waals surface area (Å²) in [5.74, 6) is 0. The van der Waals surface area contributed by atoms with E-state index in [2.05, 4.69) is 25.7 Å². The molecule has 0 heterocycles. The normalized spacial score (nSPS) is 29.0. The van der Waals surface area contributed by atoms with Gasteiger partial charge >= 0.3 is 0 Å². The van der Waals surface area contributed by atoms with Crippen molar-refractivity contribution >= 4 is 8.58 Å². The van der Waals surface area contributed by atoms with Crippen LogP contribution in [0.15, 0.2) is 0 Å². The van der Waals surface area contributed by atoms with Gasteiger partial charge in [-0.05, 0) is 44.2 Å². The van der Waals surface area contributed by atoms with Gasteiger partial charge in [0.1, 0.15) is 0 Å². The summed E-state index contributed by atoms with van der Waals surface area (Å²) in [6, 6.07) is 0. The molecule has 2 aliphatic carbocycles. The summed E-state index contributed by atoms with van der Waals surface area (Å²) in [6.45, 7) is 0. The van der Waals surface area contributed by atoms with Crippen molar-refractivity contribution in [3.8, 4) is 0 Å². The van der Waals surface area contributed by atoms with Crippen LogP contribution in [-0.2, 0) is 0 Å². The molecule has 5 radical (unpaired) electrons. The van der Waals surface area contributed by atoms with Gasteiger partial charge in [0.15, 0.2) is 0 Å². The average molecular weight is 179 g/mol. The monoisotopic (exact) mass is 179 g/mol. The first-order valence-corrected chi connectivity index (χ1v) is 6.01. The third kappa shape index (κ3) is 2.46. The SMILES string of the molecule is [CH]1[CH][CH][C](PC2CCCCC2)[CH]1. The van der Waals surface area contributed by atoms with Gasteiger partial charge in [-0.25, -0.2) is 0 Å². The fourth-order valence-electron chi connectivity index (χ4n) is 1.95. The Labute approximate surface area is 78.3 Å². The lowest BCUT2D eigenvalue weighted by atomic mass is 10.0. The van der Waals surface area contributed by atoms with Crippen molar-refractivity contribution in [1.29, 1.82) is 0 Å². The van der Waals surface area contributed by atoms with Crippen LogP contribution in [0.1, 0.15) is 32.1 Å². The molecule has 1 atom stereocenters. The molecule has 2 fully saturated rings. The second-order valence-corrected chi connectivity index (χ2v) is 5.34. The van der Waals surface area contributed by atoms with E-state index in [1.54, 1.807) is 5.66 Å². The van der Waals surface area contributed by atoms with Gasteiger partial charge in [0.2, 0.25) is 0 Å². The zero-order valence-electron chi connectivity index (χ0n) is 7.42. The maximum absolute atomic E-state index is 2.27. The Morgan fingerprint density at radius 1 is 1.00 bits per heavy atom. The molecule has 65 valence electrons. The van der Waals surface area contributed by atoms with Crippen LogP contribution >= 0.6 is 8.58 Å². The summed E-state index contributed by atoms with van der Waals surface area (Å²) in [5.41, 5.74) is 2.59. The maximum Gasteiger partial charge on any atom is 0.00477 e. The second kappa shape index (κ2) is 4.61. The van der Waals surface area contributed by atoms with Crippen LogP contribution in [0, 0.1) is 31.3 Å². The van der Waals surface area contributed by atoms with Crippen molar-refractivity contribution in [3.63, 3.8) is 0 Å². The lowest BCUT2D eigenvalue weighted by Gasteiger charge is -2.23. The Balaban J connectivity index is 1.69. The van der Waals surface area contributed by atoms with Crippen molar-refractivity contribution in [2.45, 2.75) is 37.8 Å². The second-order valence-electron chi connectivity index (χ2n) is 3.65. The highest BCUT2D eigenvalue weighted by atomic mass is 31.1. The summed E-state index contributed by atoms with van der Waals surface area (Å²) in [4.78, 5) is 0. The fourth-order valence-corrected chi connectivity index (χ4v) is 3.51. The minimum atomic E-state index is 1.01. The molecule has 0 nitrogen and oxygen atoms in total. The molecule has 0 amide bonds. The van der Waals surface area contributed by atoms with Gasteiger partial charge in [-0.2, -0.15) is 0 Å². The fraction of sp³-hybridized carbons (Fsp3) is 0.545. The van der Waals surface area contributed by atoms with E-state index in [0.717, 1.165) is 14.2 Å². The molecule has 0 aromatic heterocycles. The van der Waals surface area contributed by atoms with Crippen LogP contribution < -0.4 is 0 Å². The summed E-state index contributed by atoms with van der Waals surface area (Å²) in [7, 11) is 1.08. The maximum atomic E-state index is 2.27. The van der Waals surface area contributed by atoms with E-state index in [-0.39, 0.29) is 0 Å². The third-order valence-electron chi connectivity index (χ3n) is 2.64. The molecule has 0 aliphatic heterocycles. The predicted molar refractivity (Wildman–Crippen MR) is 55.6 cm³/mol. The van der Waals surface area contributed by atoms with Gasteiger partial charge in [0.05, 0.1) is 0 Å². The smallest absolute Gasteiger partial charge is 0.00477 e. The van der Waals surface area contributed by atoms with Crippen molar-refractivity contribution in [2.24, 2.45) is 0 Å². The first-order chi connectivity index (χ1) is 5.95. The van der Waals surface area contributed by atoms with Gasteiger partial charge in [-0.15, -0.1) is 8.58 Å². The molecule has 1 heteroatoms. The predicted octanol–water partition coefficient (Wildman–Crippen LogP) is 3.36. The Morgan fingerprint density at radius 2 is 1.67 bits per heavy atom. The third-order valence-corrected chi connectivity index (χ3v) is 4.29. The topological polar surface area (TPSA) is 0 Å². The zero-order valence-corrected chi connectivity index (χ0v) is 8.42. The molecule has 0 N–H and O–H groups in total. The van der Waals surface area contributed by atoms with Gasteiger partial charge in [-0.1, -0.05) is 19.3 Å². The highest BCUT2D eigenvalue weighted by Crippen LogP contribution is 2.45. The standard InChI is InChI=1S/C11H16P/c1-2-6-10(7-3-1)12-11-8-4-5-9-11/h4-5,8-10,12H,1-3,6-7H2. The van der Waals surface area contributed by atoms with Gasteiger partial charge < -0.3 is 0 Å². The molecular formula is C11H16P. The van der Waals surface area contributed by atoms with Crippen LogP contribution in [0.2, 0.25) is 0 Å². The number of hydrogen-bond acceptors (Lipinski definition) is 0. The van der Waals surface area contributed by atoms with E-state index in [9.17, 15) is 0 Å². The molecule has 12 heavy (non-hydrogen) atoms. The van der Waals surface area contributed by atoms with Crippen LogP contribution in [0.3, 0.4) is 0 Å². The molecular weight excluding hydrogens is 163 g/mol. The van der Waals surface area contributed by atoms with Crippen LogP contribution in [0.5, 0.6) is 0 Å². The Kier molecular flexibility index (Phi) is 3.46. The van der Waals surface area contributed by atoms with Crippen molar-refractivity contribution < 1.29 is 0 Å². The lowest BCUT2D eigenvalue weighted by molar-refractivity contribution is 0.513. The minimum absolute atomic E-state index is 1.01. The van der Waals surface area contributed by atoms with Crippen LogP contribution in [-0.4, -0.2) is 5.66 Å². The average Bonchev–Trinajstić information content (AvgIpc) is 2.59. The van der Waals surface area contributed by atoms with Gasteiger partial charge in [0, 0.05) is 5.66 Å². The summed E-state index contributed by atoms with van der Waals surface area (Å²) in [6.07, 6.45) is 16.2. The van der Waals surface area contributed by atoms with Crippen molar-refractivity contribution in [1.82, 2.24) is 0 Å². The summed E-state index contributed by atoms with van der Waals surface area (Å²) < 4.78 is 0. The molecule has 0 bridgehead atoms. The van der Waals surface area contributed by atoms with Gasteiger partial charge in [-0.3, -0.25) is 0 Å². The first-order valence-electron chi connectivity index (χ1n) is 4.93.